The number of aliphatic hydroxyl groups is 2. The Bertz CT molecular complexity index is 1240. The number of hydrogen-bond acceptors (Lipinski definition) is 10. The molecule has 3 aromatic rings. The first-order valence-corrected chi connectivity index (χ1v) is 14.0. The third-order valence-electron chi connectivity index (χ3n) is 7.71. The van der Waals surface area contributed by atoms with Gasteiger partial charge in [0.05, 0.1) is 49.1 Å². The molecule has 2 aromatic heterocycles. The number of nitrogens with zero attached hydrogens (tertiary/aromatic N) is 4. The van der Waals surface area contributed by atoms with Crippen molar-refractivity contribution < 1.29 is 19.7 Å². The van der Waals surface area contributed by atoms with Gasteiger partial charge in [-0.05, 0) is 37.0 Å². The predicted molar refractivity (Wildman–Crippen MR) is 152 cm³/mol. The average Bonchev–Trinajstić information content (AvgIpc) is 3.36. The van der Waals surface area contributed by atoms with Crippen molar-refractivity contribution in [3.8, 4) is 5.75 Å². The molecule has 0 spiro atoms. The number of nitrogens with one attached hydrogen (secondary N) is 3. The van der Waals surface area contributed by atoms with Crippen molar-refractivity contribution in [2.45, 2.75) is 44.5 Å². The van der Waals surface area contributed by atoms with Gasteiger partial charge in [0.1, 0.15) is 23.4 Å². The summed E-state index contributed by atoms with van der Waals surface area (Å²) in [6.45, 7) is 7.21. The largest absolute Gasteiger partial charge is 0.495 e. The van der Waals surface area contributed by atoms with Gasteiger partial charge in [0.2, 0.25) is 5.95 Å². The molecule has 0 bridgehead atoms. The van der Waals surface area contributed by atoms with Crippen LogP contribution < -0.4 is 15.4 Å². The number of rotatable bonds is 10. The van der Waals surface area contributed by atoms with Crippen molar-refractivity contribution in [2.75, 3.05) is 63.7 Å². The molecule has 212 valence electrons. The number of aromatic nitrogens is 3. The molecule has 11 nitrogen and oxygen atoms in total. The van der Waals surface area contributed by atoms with Gasteiger partial charge in [0.25, 0.3) is 0 Å². The summed E-state index contributed by atoms with van der Waals surface area (Å²) in [5, 5.41) is 28.5. The molecule has 0 unspecified atom stereocenters. The summed E-state index contributed by atoms with van der Waals surface area (Å²) < 4.78 is 11.2. The highest BCUT2D eigenvalue weighted by Gasteiger charge is 2.29. The molecule has 0 saturated carbocycles. The summed E-state index contributed by atoms with van der Waals surface area (Å²) >= 11 is 6.38. The number of aromatic amines is 1. The first kappa shape index (κ1) is 27.9. The smallest absolute Gasteiger partial charge is 0.231 e. The van der Waals surface area contributed by atoms with E-state index in [1.807, 2.05) is 25.1 Å². The maximum Gasteiger partial charge on any atom is 0.231 e. The first-order chi connectivity index (χ1) is 19.0. The molecule has 39 heavy (non-hydrogen) atoms. The molecule has 5 rings (SSSR count). The average molecular weight is 560 g/mol. The molecule has 2 aliphatic rings. The lowest BCUT2D eigenvalue weighted by molar-refractivity contribution is -0.0423. The Morgan fingerprint density at radius 1 is 1.21 bits per heavy atom. The van der Waals surface area contributed by atoms with Crippen LogP contribution in [0.15, 0.2) is 24.4 Å². The zero-order valence-corrected chi connectivity index (χ0v) is 23.2. The van der Waals surface area contributed by atoms with Crippen LogP contribution in [-0.4, -0.2) is 100 Å². The summed E-state index contributed by atoms with van der Waals surface area (Å²) in [5.74, 6) is 1.44. The SMILES string of the molecule is CC[C@@H](CO)Nc1nc(Nc2ccc([C@H](O)N3CCC(N4CCOCC4)CC3)cc2OC)nc2[nH]cc(Cl)c12. The maximum absolute atomic E-state index is 11.2. The van der Waals surface area contributed by atoms with Crippen molar-refractivity contribution in [1.82, 2.24) is 24.8 Å². The van der Waals surface area contributed by atoms with Crippen LogP contribution in [0.2, 0.25) is 5.02 Å². The molecule has 2 aliphatic heterocycles. The lowest BCUT2D eigenvalue weighted by Gasteiger charge is -2.41. The van der Waals surface area contributed by atoms with Crippen LogP contribution >= 0.6 is 11.6 Å². The fourth-order valence-corrected chi connectivity index (χ4v) is 5.60. The van der Waals surface area contributed by atoms with E-state index in [0.717, 1.165) is 64.2 Å². The standard InChI is InChI=1S/C27H38ClN7O4/c1-3-18(16-36)30-25-23-20(28)15-29-24(23)32-27(33-25)31-21-5-4-17(14-22(21)38-2)26(37)35-8-6-19(7-9-35)34-10-12-39-13-11-34/h4-5,14-15,18-19,26,36-37H,3,6-13,16H2,1-2H3,(H3,29,30,31,32,33)/t18-,26-/m0/s1. The second kappa shape index (κ2) is 12.7. The van der Waals surface area contributed by atoms with E-state index in [1.165, 1.54) is 0 Å². The number of likely N-dealkylation sites (tertiary alicyclic amines) is 1. The number of halogens is 1. The minimum Gasteiger partial charge on any atom is -0.495 e. The van der Waals surface area contributed by atoms with E-state index in [2.05, 4.69) is 35.4 Å². The van der Waals surface area contributed by atoms with E-state index in [4.69, 9.17) is 21.1 Å². The number of morpholine rings is 1. The van der Waals surface area contributed by atoms with Crippen LogP contribution in [0, 0.1) is 0 Å². The molecule has 2 atom stereocenters. The third kappa shape index (κ3) is 6.24. The van der Waals surface area contributed by atoms with Gasteiger partial charge in [-0.1, -0.05) is 24.6 Å². The Kier molecular flexibility index (Phi) is 9.06. The Labute approximate surface area is 233 Å². The number of H-pyrrole nitrogens is 1. The van der Waals surface area contributed by atoms with Gasteiger partial charge < -0.3 is 35.3 Å². The molecule has 4 heterocycles. The molecule has 0 amide bonds. The minimum absolute atomic E-state index is 0.0324. The lowest BCUT2D eigenvalue weighted by Crippen LogP contribution is -2.49. The van der Waals surface area contributed by atoms with Crippen molar-refractivity contribution >= 4 is 40.1 Å². The topological polar surface area (TPSA) is 131 Å². The monoisotopic (exact) mass is 559 g/mol. The highest BCUT2D eigenvalue weighted by molar-refractivity contribution is 6.36. The number of benzene rings is 1. The number of aliphatic hydroxyl groups excluding tert-OH is 2. The van der Waals surface area contributed by atoms with Gasteiger partial charge in [-0.2, -0.15) is 9.97 Å². The number of fused-ring (bicyclic) bond motifs is 1. The summed E-state index contributed by atoms with van der Waals surface area (Å²) in [7, 11) is 1.60. The number of ether oxygens (including phenoxy) is 2. The van der Waals surface area contributed by atoms with Crippen LogP contribution in [0.5, 0.6) is 5.75 Å². The molecule has 0 aliphatic carbocycles. The number of piperidine rings is 1. The van der Waals surface area contributed by atoms with Crippen molar-refractivity contribution in [1.29, 1.82) is 0 Å². The van der Waals surface area contributed by atoms with Crippen LogP contribution in [0.1, 0.15) is 38.0 Å². The van der Waals surface area contributed by atoms with Crippen LogP contribution in [-0.2, 0) is 4.74 Å². The summed E-state index contributed by atoms with van der Waals surface area (Å²) in [5.41, 5.74) is 2.00. The van der Waals surface area contributed by atoms with E-state index < -0.39 is 6.23 Å². The Morgan fingerprint density at radius 2 is 1.97 bits per heavy atom. The maximum atomic E-state index is 11.2. The lowest BCUT2D eigenvalue weighted by atomic mass is 10.0. The van der Waals surface area contributed by atoms with Gasteiger partial charge in [0.15, 0.2) is 0 Å². The zero-order chi connectivity index (χ0) is 27.4. The Morgan fingerprint density at radius 3 is 2.67 bits per heavy atom. The zero-order valence-electron chi connectivity index (χ0n) is 22.5. The number of methoxy groups -OCH3 is 1. The van der Waals surface area contributed by atoms with E-state index in [9.17, 15) is 10.2 Å². The van der Waals surface area contributed by atoms with Gasteiger partial charge >= 0.3 is 0 Å². The normalized spacial score (nSPS) is 19.2. The number of hydrogen-bond donors (Lipinski definition) is 5. The molecule has 5 N–H and O–H groups in total. The Hall–Kier alpha value is -2.67. The van der Waals surface area contributed by atoms with Gasteiger partial charge in [0, 0.05) is 38.4 Å². The van der Waals surface area contributed by atoms with Crippen molar-refractivity contribution in [3.63, 3.8) is 0 Å². The summed E-state index contributed by atoms with van der Waals surface area (Å²) in [6.07, 6.45) is 3.72. The van der Waals surface area contributed by atoms with Crippen LogP contribution in [0.3, 0.4) is 0 Å². The van der Waals surface area contributed by atoms with Crippen LogP contribution in [0.25, 0.3) is 11.0 Å². The second-order valence-corrected chi connectivity index (χ2v) is 10.5. The molecule has 12 heteroatoms. The molecular weight excluding hydrogens is 522 g/mol. The number of anilines is 3. The summed E-state index contributed by atoms with van der Waals surface area (Å²) in [4.78, 5) is 16.9. The van der Waals surface area contributed by atoms with E-state index in [0.29, 0.717) is 45.3 Å². The van der Waals surface area contributed by atoms with E-state index in [1.54, 1.807) is 13.3 Å². The quantitative estimate of drug-likeness (QED) is 0.252. The van der Waals surface area contributed by atoms with Gasteiger partial charge in [-0.25, -0.2) is 0 Å². The third-order valence-corrected chi connectivity index (χ3v) is 8.01. The fraction of sp³-hybridized carbons (Fsp3) is 0.556. The minimum atomic E-state index is -0.715. The van der Waals surface area contributed by atoms with E-state index >= 15 is 0 Å². The van der Waals surface area contributed by atoms with Gasteiger partial charge in [-0.3, -0.25) is 9.80 Å². The molecule has 0 radical (unpaired) electrons. The highest BCUT2D eigenvalue weighted by atomic mass is 35.5. The second-order valence-electron chi connectivity index (χ2n) is 10.1. The van der Waals surface area contributed by atoms with Gasteiger partial charge in [-0.15, -0.1) is 0 Å². The van der Waals surface area contributed by atoms with E-state index in [-0.39, 0.29) is 12.6 Å². The molecule has 1 aromatic carbocycles. The first-order valence-electron chi connectivity index (χ1n) is 13.6. The molecule has 2 fully saturated rings. The predicted octanol–water partition coefficient (Wildman–Crippen LogP) is 3.33. The highest BCUT2D eigenvalue weighted by Crippen LogP contribution is 2.34. The fourth-order valence-electron chi connectivity index (χ4n) is 5.37. The molecular formula is C27H38ClN7O4. The van der Waals surface area contributed by atoms with Crippen LogP contribution in [0.4, 0.5) is 17.5 Å². The Balaban J connectivity index is 1.30. The van der Waals surface area contributed by atoms with Crippen molar-refractivity contribution in [3.05, 3.63) is 35.0 Å². The molecule has 2 saturated heterocycles. The summed E-state index contributed by atoms with van der Waals surface area (Å²) in [6, 6.07) is 5.99. The van der Waals surface area contributed by atoms with Crippen molar-refractivity contribution in [2.24, 2.45) is 0 Å².